The van der Waals surface area contributed by atoms with E-state index in [4.69, 9.17) is 9.11 Å². The van der Waals surface area contributed by atoms with Gasteiger partial charge in [0.15, 0.2) is 0 Å². The Kier molecular flexibility index (Phi) is 15.7. The zero-order chi connectivity index (χ0) is 47.2. The molecule has 4 N–H and O–H groups in total. The molecule has 356 valence electrons. The largest absolute Gasteiger partial charge is 0.338 e. The van der Waals surface area contributed by atoms with Crippen molar-refractivity contribution >= 4 is 54.7 Å². The van der Waals surface area contributed by atoms with Crippen molar-refractivity contribution < 1.29 is 40.3 Å². The Morgan fingerprint density at radius 2 is 1.29 bits per heavy atom. The molecule has 0 aliphatic carbocycles. The van der Waals surface area contributed by atoms with Gasteiger partial charge in [0.05, 0.1) is 0 Å². The van der Waals surface area contributed by atoms with Crippen LogP contribution < -0.4 is 10.6 Å². The number of benzene rings is 4. The summed E-state index contributed by atoms with van der Waals surface area (Å²) < 4.78 is 62.7. The minimum Gasteiger partial charge on any atom is -0.338 e. The second-order valence-corrected chi connectivity index (χ2v) is 20.5. The first kappa shape index (κ1) is 48.8. The molecule has 4 aromatic carbocycles. The standard InChI is InChI=1S/C38H55N7O3.C10H8O6S2/c1-4-29-11-10-28(26-30(29)5-2)27-35(36(46)43-24-22-42(23-25-43)32-13-17-41(3)18-14-32)40-37(47)44-19-15-33(16-20-44)45-21-12-31-8-6-7-9-34(31)39-38(45)48;11-17(12,13)9-5-1-3-7-8(9)4-2-6-10(7)18(14,15)16/h6-11,26,32-33,35H,4-5,12-25,27H2,1-3H3,(H,39,48)(H,40,47);1-6H,(H,11,12,13)(H,14,15,16)/t35-;/m1./s1. The molecule has 16 nitrogen and oxygen atoms in total. The van der Waals surface area contributed by atoms with Crippen molar-refractivity contribution in [3.63, 3.8) is 0 Å². The lowest BCUT2D eigenvalue weighted by molar-refractivity contribution is -0.135. The van der Waals surface area contributed by atoms with Gasteiger partial charge in [-0.15, -0.1) is 0 Å². The second-order valence-electron chi connectivity index (χ2n) is 17.7. The average molecular weight is 946 g/mol. The van der Waals surface area contributed by atoms with E-state index in [-0.39, 0.29) is 34.8 Å². The van der Waals surface area contributed by atoms with E-state index in [1.165, 1.54) is 48.2 Å². The molecule has 4 heterocycles. The summed E-state index contributed by atoms with van der Waals surface area (Å²) in [7, 11) is -6.75. The van der Waals surface area contributed by atoms with Gasteiger partial charge in [-0.05, 0) is 106 Å². The van der Waals surface area contributed by atoms with Crippen molar-refractivity contribution in [3.05, 3.63) is 101 Å². The molecule has 18 heteroatoms. The van der Waals surface area contributed by atoms with Gasteiger partial charge in [-0.3, -0.25) is 18.8 Å². The number of hydrogen-bond donors (Lipinski definition) is 4. The van der Waals surface area contributed by atoms with E-state index in [1.54, 1.807) is 0 Å². The highest BCUT2D eigenvalue weighted by molar-refractivity contribution is 7.86. The maximum atomic E-state index is 14.2. The zero-order valence-corrected chi connectivity index (χ0v) is 39.7. The highest BCUT2D eigenvalue weighted by Crippen LogP contribution is 2.29. The maximum Gasteiger partial charge on any atom is 0.322 e. The number of amides is 5. The fourth-order valence-electron chi connectivity index (χ4n) is 9.87. The Labute approximate surface area is 388 Å². The van der Waals surface area contributed by atoms with E-state index in [0.717, 1.165) is 74.4 Å². The van der Waals surface area contributed by atoms with Gasteiger partial charge >= 0.3 is 12.1 Å². The second kappa shape index (κ2) is 21.2. The van der Waals surface area contributed by atoms with Crippen LogP contribution in [0, 0.1) is 0 Å². The molecular formula is C48H63N7O9S2. The first-order valence-corrected chi connectivity index (χ1v) is 25.9. The number of carbonyl (C=O) groups excluding carboxylic acids is 3. The summed E-state index contributed by atoms with van der Waals surface area (Å²) in [4.78, 5) is 50.9. The number of rotatable bonds is 10. The smallest absolute Gasteiger partial charge is 0.322 e. The number of urea groups is 2. The summed E-state index contributed by atoms with van der Waals surface area (Å²) in [6, 6.07) is 21.8. The predicted octanol–water partition coefficient (Wildman–Crippen LogP) is 5.56. The van der Waals surface area contributed by atoms with Crippen LogP contribution in [0.4, 0.5) is 15.3 Å². The van der Waals surface area contributed by atoms with Crippen molar-refractivity contribution in [2.75, 3.05) is 71.3 Å². The first-order chi connectivity index (χ1) is 31.5. The monoisotopic (exact) mass is 945 g/mol. The normalized spacial score (nSPS) is 18.7. The number of piperazine rings is 1. The van der Waals surface area contributed by atoms with Gasteiger partial charge in [-0.25, -0.2) is 9.59 Å². The summed E-state index contributed by atoms with van der Waals surface area (Å²) in [5.74, 6) is 0.0136. The minimum atomic E-state index is -4.47. The molecule has 1 atom stereocenters. The third-order valence-corrected chi connectivity index (χ3v) is 15.5. The fraction of sp³-hybridized carbons (Fsp3) is 0.479. The molecule has 5 amide bonds. The number of anilines is 1. The highest BCUT2D eigenvalue weighted by atomic mass is 32.2. The van der Waals surface area contributed by atoms with Gasteiger partial charge in [0.1, 0.15) is 15.8 Å². The molecule has 8 rings (SSSR count). The van der Waals surface area contributed by atoms with Gasteiger partial charge in [-0.2, -0.15) is 16.8 Å². The molecule has 4 aliphatic heterocycles. The van der Waals surface area contributed by atoms with Crippen LogP contribution in [0.3, 0.4) is 0 Å². The average Bonchev–Trinajstić information content (AvgIpc) is 3.48. The fourth-order valence-corrected chi connectivity index (χ4v) is 11.3. The van der Waals surface area contributed by atoms with Crippen LogP contribution in [0.25, 0.3) is 10.8 Å². The van der Waals surface area contributed by atoms with Gasteiger partial charge in [0.25, 0.3) is 20.2 Å². The minimum absolute atomic E-state index is 0.0136. The quantitative estimate of drug-likeness (QED) is 0.145. The molecule has 66 heavy (non-hydrogen) atoms. The van der Waals surface area contributed by atoms with Gasteiger partial charge in [-0.1, -0.05) is 74.5 Å². The number of carbonyl (C=O) groups is 3. The van der Waals surface area contributed by atoms with E-state index in [9.17, 15) is 31.2 Å². The Morgan fingerprint density at radius 1 is 0.697 bits per heavy atom. The lowest BCUT2D eigenvalue weighted by Gasteiger charge is -2.43. The third-order valence-electron chi connectivity index (χ3n) is 13.6. The topological polar surface area (TPSA) is 200 Å². The zero-order valence-electron chi connectivity index (χ0n) is 38.1. The Hall–Kier alpha value is -5.11. The van der Waals surface area contributed by atoms with Crippen LogP contribution in [-0.2, 0) is 50.7 Å². The lowest BCUT2D eigenvalue weighted by atomic mass is 9.96. The molecule has 0 spiro atoms. The SMILES string of the molecule is CCc1ccc(C[C@@H](NC(=O)N2CCC(N3CCc4ccccc4NC3=O)CC2)C(=O)N2CCN(C3CCN(C)CC3)CC2)cc1CC.O=S(=O)(O)c1cccc2c(S(=O)(=O)O)cccc12. The Bertz CT molecular complexity index is 2530. The van der Waals surface area contributed by atoms with Crippen molar-refractivity contribution in [1.29, 1.82) is 0 Å². The molecule has 0 unspecified atom stereocenters. The predicted molar refractivity (Wildman–Crippen MR) is 254 cm³/mol. The van der Waals surface area contributed by atoms with Crippen molar-refractivity contribution in [3.8, 4) is 0 Å². The highest BCUT2D eigenvalue weighted by Gasteiger charge is 2.35. The van der Waals surface area contributed by atoms with Crippen LogP contribution in [0.1, 0.15) is 61.8 Å². The number of likely N-dealkylation sites (tertiary alicyclic amines) is 2. The summed E-state index contributed by atoms with van der Waals surface area (Å²) in [6.45, 7) is 11.5. The number of nitrogens with zero attached hydrogens (tertiary/aromatic N) is 5. The summed E-state index contributed by atoms with van der Waals surface area (Å²) in [5.41, 5.74) is 5.76. The Morgan fingerprint density at radius 3 is 1.88 bits per heavy atom. The Balaban J connectivity index is 0.000000301. The van der Waals surface area contributed by atoms with E-state index in [0.29, 0.717) is 58.0 Å². The number of aryl methyl sites for hydroxylation is 2. The molecule has 0 saturated carbocycles. The van der Waals surface area contributed by atoms with Crippen LogP contribution >= 0.6 is 0 Å². The van der Waals surface area contributed by atoms with E-state index in [2.05, 4.69) is 65.6 Å². The molecule has 0 radical (unpaired) electrons. The van der Waals surface area contributed by atoms with Crippen LogP contribution in [-0.4, -0.2) is 152 Å². The third kappa shape index (κ3) is 11.7. The van der Waals surface area contributed by atoms with Crippen molar-refractivity contribution in [2.45, 2.75) is 93.1 Å². The molecule has 4 aliphatic rings. The summed E-state index contributed by atoms with van der Waals surface area (Å²) in [6.07, 6.45) is 7.00. The number of piperidine rings is 2. The van der Waals surface area contributed by atoms with Crippen molar-refractivity contribution in [2.24, 2.45) is 0 Å². The van der Waals surface area contributed by atoms with Gasteiger partial charge in [0, 0.05) is 80.8 Å². The number of nitrogens with one attached hydrogen (secondary N) is 2. The van der Waals surface area contributed by atoms with Crippen molar-refractivity contribution in [1.82, 2.24) is 29.8 Å². The molecule has 3 fully saturated rings. The molecule has 3 saturated heterocycles. The summed E-state index contributed by atoms with van der Waals surface area (Å²) >= 11 is 0. The van der Waals surface area contributed by atoms with Crippen LogP contribution in [0.2, 0.25) is 0 Å². The first-order valence-electron chi connectivity index (χ1n) is 23.0. The molecular weight excluding hydrogens is 883 g/mol. The molecule has 0 bridgehead atoms. The van der Waals surface area contributed by atoms with E-state index >= 15 is 0 Å². The van der Waals surface area contributed by atoms with Crippen LogP contribution in [0.5, 0.6) is 0 Å². The van der Waals surface area contributed by atoms with Crippen LogP contribution in [0.15, 0.2) is 88.7 Å². The van der Waals surface area contributed by atoms with Gasteiger partial charge < -0.3 is 30.2 Å². The van der Waals surface area contributed by atoms with Gasteiger partial charge in [0.2, 0.25) is 5.91 Å². The van der Waals surface area contributed by atoms with E-state index < -0.39 is 36.1 Å². The number of para-hydroxylation sites is 1. The molecule has 4 aromatic rings. The lowest BCUT2D eigenvalue weighted by Crippen LogP contribution is -2.59. The number of fused-ring (bicyclic) bond motifs is 2. The number of hydrogen-bond acceptors (Lipinski definition) is 9. The summed E-state index contributed by atoms with van der Waals surface area (Å²) in [5, 5.41) is 6.31. The maximum absolute atomic E-state index is 14.2. The van der Waals surface area contributed by atoms with E-state index in [1.807, 2.05) is 32.9 Å². The molecule has 0 aromatic heterocycles.